The van der Waals surface area contributed by atoms with Gasteiger partial charge >= 0.3 is 0 Å². The van der Waals surface area contributed by atoms with Crippen molar-refractivity contribution in [2.75, 3.05) is 13.7 Å². The summed E-state index contributed by atoms with van der Waals surface area (Å²) in [5, 5.41) is 3.15. The maximum Gasteiger partial charge on any atom is 0.253 e. The second kappa shape index (κ2) is 6.56. The van der Waals surface area contributed by atoms with Crippen LogP contribution in [0.3, 0.4) is 0 Å². The minimum absolute atomic E-state index is 0.0434. The van der Waals surface area contributed by atoms with Crippen LogP contribution in [0.2, 0.25) is 0 Å². The Labute approximate surface area is 125 Å². The van der Waals surface area contributed by atoms with Crippen molar-refractivity contribution in [3.63, 3.8) is 0 Å². The number of hydrazine groups is 1. The van der Waals surface area contributed by atoms with E-state index in [4.69, 9.17) is 4.74 Å². The third-order valence-electron chi connectivity index (χ3n) is 4.57. The predicted molar refractivity (Wildman–Crippen MR) is 80.4 cm³/mol. The molecule has 114 valence electrons. The van der Waals surface area contributed by atoms with Crippen molar-refractivity contribution >= 4 is 5.91 Å². The fraction of sp³-hybridized carbons (Fsp3) is 0.562. The number of amides is 1. The molecule has 0 aromatic heterocycles. The quantitative estimate of drug-likeness (QED) is 0.778. The van der Waals surface area contributed by atoms with Crippen molar-refractivity contribution in [2.45, 2.75) is 37.5 Å². The molecular weight excluding hydrogens is 266 g/mol. The summed E-state index contributed by atoms with van der Waals surface area (Å²) in [5.74, 6) is 0.656. The van der Waals surface area contributed by atoms with Crippen molar-refractivity contribution in [1.29, 1.82) is 0 Å². The highest BCUT2D eigenvalue weighted by atomic mass is 16.5. The fourth-order valence-electron chi connectivity index (χ4n) is 3.41. The molecule has 0 radical (unpaired) electrons. The van der Waals surface area contributed by atoms with Gasteiger partial charge in [-0.15, -0.1) is 0 Å². The molecule has 2 aliphatic rings. The van der Waals surface area contributed by atoms with E-state index in [2.05, 4.69) is 16.2 Å². The number of nitrogens with one attached hydrogen (secondary N) is 3. The highest BCUT2D eigenvalue weighted by Gasteiger charge is 2.35. The Morgan fingerprint density at radius 2 is 2.14 bits per heavy atom. The highest BCUT2D eigenvalue weighted by Crippen LogP contribution is 2.27. The summed E-state index contributed by atoms with van der Waals surface area (Å²) in [6.45, 7) is 1.04. The second-order valence-corrected chi connectivity index (χ2v) is 5.94. The summed E-state index contributed by atoms with van der Waals surface area (Å²) in [7, 11) is 1.58. The summed E-state index contributed by atoms with van der Waals surface area (Å²) < 4.78 is 5.39. The molecule has 2 fully saturated rings. The van der Waals surface area contributed by atoms with E-state index in [1.807, 2.05) is 30.3 Å². The molecule has 4 atom stereocenters. The van der Waals surface area contributed by atoms with E-state index in [0.717, 1.165) is 31.4 Å². The molecule has 21 heavy (non-hydrogen) atoms. The third kappa shape index (κ3) is 3.26. The summed E-state index contributed by atoms with van der Waals surface area (Å²) in [4.78, 5) is 12.5. The molecule has 0 spiro atoms. The Morgan fingerprint density at radius 1 is 1.33 bits per heavy atom. The lowest BCUT2D eigenvalue weighted by atomic mass is 9.83. The molecule has 1 heterocycles. The first kappa shape index (κ1) is 14.5. The van der Waals surface area contributed by atoms with Crippen LogP contribution in [-0.4, -0.2) is 31.6 Å². The summed E-state index contributed by atoms with van der Waals surface area (Å²) >= 11 is 0. The van der Waals surface area contributed by atoms with Crippen LogP contribution < -0.4 is 16.2 Å². The first-order valence-electron chi connectivity index (χ1n) is 7.64. The molecule has 1 aromatic rings. The summed E-state index contributed by atoms with van der Waals surface area (Å²) in [6, 6.07) is 10.3. The lowest BCUT2D eigenvalue weighted by molar-refractivity contribution is -0.132. The van der Waals surface area contributed by atoms with Gasteiger partial charge < -0.3 is 10.1 Å². The molecule has 1 aliphatic heterocycles. The van der Waals surface area contributed by atoms with Crippen molar-refractivity contribution < 1.29 is 9.53 Å². The van der Waals surface area contributed by atoms with Crippen LogP contribution in [0.5, 0.6) is 0 Å². The van der Waals surface area contributed by atoms with Gasteiger partial charge in [0.2, 0.25) is 0 Å². The first-order chi connectivity index (χ1) is 10.3. The minimum Gasteiger partial charge on any atom is -0.367 e. The van der Waals surface area contributed by atoms with Crippen LogP contribution in [0.1, 0.15) is 30.9 Å². The van der Waals surface area contributed by atoms with E-state index < -0.39 is 6.10 Å². The average molecular weight is 289 g/mol. The Morgan fingerprint density at radius 3 is 2.90 bits per heavy atom. The van der Waals surface area contributed by atoms with Crippen LogP contribution >= 0.6 is 0 Å². The Bertz CT molecular complexity index is 480. The number of methoxy groups -OCH3 is 1. The van der Waals surface area contributed by atoms with Crippen LogP contribution in [0.4, 0.5) is 0 Å². The van der Waals surface area contributed by atoms with E-state index in [1.54, 1.807) is 7.11 Å². The zero-order valence-electron chi connectivity index (χ0n) is 12.3. The van der Waals surface area contributed by atoms with E-state index in [-0.39, 0.29) is 11.9 Å². The second-order valence-electron chi connectivity index (χ2n) is 5.94. The molecule has 0 bridgehead atoms. The van der Waals surface area contributed by atoms with Crippen LogP contribution in [0, 0.1) is 5.92 Å². The SMILES string of the molecule is COC(C(=O)NC1CCC2CNNC2C1)c1ccccc1. The number of ether oxygens (including phenoxy) is 1. The van der Waals surface area contributed by atoms with E-state index in [0.29, 0.717) is 12.0 Å². The van der Waals surface area contributed by atoms with Crippen molar-refractivity contribution in [1.82, 2.24) is 16.2 Å². The lowest BCUT2D eigenvalue weighted by Crippen LogP contribution is -2.46. The van der Waals surface area contributed by atoms with Gasteiger partial charge in [-0.3, -0.25) is 15.6 Å². The molecule has 1 aliphatic carbocycles. The van der Waals surface area contributed by atoms with Crippen molar-refractivity contribution in [3.05, 3.63) is 35.9 Å². The van der Waals surface area contributed by atoms with Gasteiger partial charge in [0.15, 0.2) is 6.10 Å². The van der Waals surface area contributed by atoms with Crippen LogP contribution in [-0.2, 0) is 9.53 Å². The Balaban J connectivity index is 1.60. The van der Waals surface area contributed by atoms with Gasteiger partial charge in [-0.2, -0.15) is 0 Å². The maximum atomic E-state index is 12.5. The smallest absolute Gasteiger partial charge is 0.253 e. The fourth-order valence-corrected chi connectivity index (χ4v) is 3.41. The minimum atomic E-state index is -0.529. The summed E-state index contributed by atoms with van der Waals surface area (Å²) in [6.07, 6.45) is 2.65. The summed E-state index contributed by atoms with van der Waals surface area (Å²) in [5.41, 5.74) is 7.41. The van der Waals surface area contributed by atoms with Gasteiger partial charge in [0, 0.05) is 25.7 Å². The Hall–Kier alpha value is -1.43. The molecule has 1 saturated carbocycles. The van der Waals surface area contributed by atoms with E-state index >= 15 is 0 Å². The molecule has 1 aromatic carbocycles. The molecular formula is C16H23N3O2. The number of benzene rings is 1. The van der Waals surface area contributed by atoms with Crippen LogP contribution in [0.15, 0.2) is 30.3 Å². The van der Waals surface area contributed by atoms with Gasteiger partial charge in [-0.05, 0) is 30.7 Å². The molecule has 3 N–H and O–H groups in total. The third-order valence-corrected chi connectivity index (χ3v) is 4.57. The number of fused-ring (bicyclic) bond motifs is 1. The van der Waals surface area contributed by atoms with E-state index in [9.17, 15) is 4.79 Å². The van der Waals surface area contributed by atoms with Crippen molar-refractivity contribution in [2.24, 2.45) is 5.92 Å². The van der Waals surface area contributed by atoms with Gasteiger partial charge in [-0.1, -0.05) is 30.3 Å². The first-order valence-corrected chi connectivity index (χ1v) is 7.64. The average Bonchev–Trinajstić information content (AvgIpc) is 2.96. The zero-order chi connectivity index (χ0) is 14.7. The number of hydrogen-bond donors (Lipinski definition) is 3. The number of carbonyl (C=O) groups excluding carboxylic acids is 1. The molecule has 1 amide bonds. The van der Waals surface area contributed by atoms with Gasteiger partial charge in [0.05, 0.1) is 0 Å². The van der Waals surface area contributed by atoms with Gasteiger partial charge in [0.1, 0.15) is 0 Å². The molecule has 3 rings (SSSR count). The molecule has 5 heteroatoms. The molecule has 1 saturated heterocycles. The normalized spacial score (nSPS) is 29.7. The topological polar surface area (TPSA) is 62.4 Å². The predicted octanol–water partition coefficient (Wildman–Crippen LogP) is 1.14. The van der Waals surface area contributed by atoms with E-state index in [1.165, 1.54) is 0 Å². The molecule has 4 unspecified atom stereocenters. The number of carbonyl (C=O) groups is 1. The number of hydrogen-bond acceptors (Lipinski definition) is 4. The van der Waals surface area contributed by atoms with Gasteiger partial charge in [-0.25, -0.2) is 0 Å². The van der Waals surface area contributed by atoms with Crippen LogP contribution in [0.25, 0.3) is 0 Å². The molecule has 5 nitrogen and oxygen atoms in total. The standard InChI is InChI=1S/C16H23N3O2/c1-21-15(11-5-3-2-4-6-11)16(20)18-13-8-7-12-10-17-19-14(12)9-13/h2-6,12-15,17,19H,7-10H2,1H3,(H,18,20). The van der Waals surface area contributed by atoms with Gasteiger partial charge in [0.25, 0.3) is 5.91 Å². The maximum absolute atomic E-state index is 12.5. The lowest BCUT2D eigenvalue weighted by Gasteiger charge is -2.32. The largest absolute Gasteiger partial charge is 0.367 e. The monoisotopic (exact) mass is 289 g/mol. The number of rotatable bonds is 4. The highest BCUT2D eigenvalue weighted by molar-refractivity contribution is 5.82. The Kier molecular flexibility index (Phi) is 4.53. The van der Waals surface area contributed by atoms with Crippen molar-refractivity contribution in [3.8, 4) is 0 Å². The zero-order valence-corrected chi connectivity index (χ0v) is 12.3.